The van der Waals surface area contributed by atoms with Crippen molar-refractivity contribution in [1.29, 1.82) is 0 Å². The summed E-state index contributed by atoms with van der Waals surface area (Å²) in [5.41, 5.74) is 0. The van der Waals surface area contributed by atoms with Gasteiger partial charge in [0.2, 0.25) is 0 Å². The standard InChI is InChI=1S/C4H9O7P/c5-1-3(6)4(7)2-11-12(8,9)10/h4-5,7H,1-2H2,(H2,8,9,10)/p-2/t4-/m0/s1. The van der Waals surface area contributed by atoms with Gasteiger partial charge in [0.15, 0.2) is 5.78 Å². The highest BCUT2D eigenvalue weighted by molar-refractivity contribution is 7.43. The normalized spacial score (nSPS) is 14.3. The molecule has 1 atom stereocenters. The molecule has 0 aliphatic heterocycles. The van der Waals surface area contributed by atoms with Crippen molar-refractivity contribution in [3.8, 4) is 0 Å². The van der Waals surface area contributed by atoms with Crippen LogP contribution in [0.15, 0.2) is 0 Å². The van der Waals surface area contributed by atoms with Gasteiger partial charge in [-0.15, -0.1) is 0 Å². The number of aliphatic hydroxyl groups is 2. The van der Waals surface area contributed by atoms with Crippen LogP contribution in [0.3, 0.4) is 0 Å². The molecule has 0 saturated carbocycles. The molecule has 0 aromatic carbocycles. The van der Waals surface area contributed by atoms with E-state index in [1.54, 1.807) is 0 Å². The van der Waals surface area contributed by atoms with Crippen LogP contribution in [0.1, 0.15) is 0 Å². The van der Waals surface area contributed by atoms with E-state index < -0.39 is 32.9 Å². The maximum atomic E-state index is 10.4. The zero-order valence-electron chi connectivity index (χ0n) is 5.87. The number of Topliss-reactive ketones (excluding diaryl/α,β-unsaturated/α-hetero) is 1. The first-order chi connectivity index (χ1) is 5.37. The minimum Gasteiger partial charge on any atom is -0.790 e. The van der Waals surface area contributed by atoms with Gasteiger partial charge in [0, 0.05) is 0 Å². The third-order valence-corrected chi connectivity index (χ3v) is 1.38. The Kier molecular flexibility index (Phi) is 4.54. The summed E-state index contributed by atoms with van der Waals surface area (Å²) in [6.45, 7) is -1.89. The number of hydrogen-bond acceptors (Lipinski definition) is 7. The largest absolute Gasteiger partial charge is 0.790 e. The number of hydrogen-bond donors (Lipinski definition) is 2. The van der Waals surface area contributed by atoms with Gasteiger partial charge in [-0.05, 0) is 0 Å². The summed E-state index contributed by atoms with van der Waals surface area (Å²) in [4.78, 5) is 30.0. The number of rotatable bonds is 5. The van der Waals surface area contributed by atoms with Crippen LogP contribution in [0.4, 0.5) is 0 Å². The summed E-state index contributed by atoms with van der Waals surface area (Å²) in [6, 6.07) is 0. The second-order valence-corrected chi connectivity index (χ2v) is 3.04. The summed E-state index contributed by atoms with van der Waals surface area (Å²) in [7, 11) is -5.16. The second-order valence-electron chi connectivity index (χ2n) is 1.88. The monoisotopic (exact) mass is 198 g/mol. The van der Waals surface area contributed by atoms with Crippen molar-refractivity contribution in [2.24, 2.45) is 0 Å². The fraction of sp³-hybridized carbons (Fsp3) is 0.750. The van der Waals surface area contributed by atoms with Gasteiger partial charge in [0.05, 0.1) is 14.4 Å². The van der Waals surface area contributed by atoms with E-state index in [4.69, 9.17) is 10.2 Å². The van der Waals surface area contributed by atoms with Crippen molar-refractivity contribution >= 4 is 13.6 Å². The first kappa shape index (κ1) is 11.7. The van der Waals surface area contributed by atoms with E-state index in [0.29, 0.717) is 0 Å². The van der Waals surface area contributed by atoms with Crippen molar-refractivity contribution < 1.29 is 33.9 Å². The Balaban J connectivity index is 3.79. The molecular weight excluding hydrogens is 191 g/mol. The van der Waals surface area contributed by atoms with Crippen molar-refractivity contribution in [2.75, 3.05) is 13.2 Å². The van der Waals surface area contributed by atoms with Crippen molar-refractivity contribution in [1.82, 2.24) is 0 Å². The molecule has 0 radical (unpaired) electrons. The van der Waals surface area contributed by atoms with Gasteiger partial charge in [-0.1, -0.05) is 0 Å². The van der Waals surface area contributed by atoms with Crippen LogP contribution in [-0.4, -0.2) is 35.3 Å². The highest BCUT2D eigenvalue weighted by atomic mass is 31.2. The molecule has 0 unspecified atom stereocenters. The van der Waals surface area contributed by atoms with Gasteiger partial charge in [0.25, 0.3) is 0 Å². The maximum absolute atomic E-state index is 10.4. The number of phosphoric acid groups is 1. The van der Waals surface area contributed by atoms with Crippen molar-refractivity contribution in [2.45, 2.75) is 6.10 Å². The fourth-order valence-electron chi connectivity index (χ4n) is 0.360. The summed E-state index contributed by atoms with van der Waals surface area (Å²) in [5, 5.41) is 16.8. The maximum Gasteiger partial charge on any atom is 0.188 e. The van der Waals surface area contributed by atoms with Crippen LogP contribution in [-0.2, 0) is 13.9 Å². The Labute approximate surface area is 67.8 Å². The molecule has 0 amide bonds. The lowest BCUT2D eigenvalue weighted by Gasteiger charge is -2.29. The summed E-state index contributed by atoms with van der Waals surface area (Å²) in [5.74, 6) is -1.01. The second kappa shape index (κ2) is 4.66. The lowest BCUT2D eigenvalue weighted by molar-refractivity contribution is -0.342. The van der Waals surface area contributed by atoms with Gasteiger partial charge in [-0.25, -0.2) is 0 Å². The van der Waals surface area contributed by atoms with Gasteiger partial charge in [0.1, 0.15) is 12.7 Å². The predicted molar refractivity (Wildman–Crippen MR) is 31.7 cm³/mol. The molecule has 0 spiro atoms. The molecule has 0 aromatic rings. The van der Waals surface area contributed by atoms with Crippen LogP contribution < -0.4 is 9.79 Å². The van der Waals surface area contributed by atoms with Crippen LogP contribution in [0, 0.1) is 0 Å². The molecule has 0 heterocycles. The molecular formula is C4H7O7P-2. The van der Waals surface area contributed by atoms with Gasteiger partial charge < -0.3 is 29.1 Å². The van der Waals surface area contributed by atoms with Crippen LogP contribution in [0.5, 0.6) is 0 Å². The van der Waals surface area contributed by atoms with E-state index in [-0.39, 0.29) is 0 Å². The van der Waals surface area contributed by atoms with E-state index in [2.05, 4.69) is 4.52 Å². The number of phosphoric ester groups is 1. The third kappa shape index (κ3) is 5.36. The minimum atomic E-state index is -5.16. The number of aliphatic hydroxyl groups excluding tert-OH is 2. The Hall–Kier alpha value is -0.300. The van der Waals surface area contributed by atoms with Crippen molar-refractivity contribution in [3.05, 3.63) is 0 Å². The molecule has 0 aliphatic carbocycles. The highest BCUT2D eigenvalue weighted by Gasteiger charge is 2.13. The fourth-order valence-corrected chi connectivity index (χ4v) is 0.684. The molecule has 8 heteroatoms. The Morgan fingerprint density at radius 1 is 1.58 bits per heavy atom. The Morgan fingerprint density at radius 2 is 2.08 bits per heavy atom. The summed E-state index contributed by atoms with van der Waals surface area (Å²) in [6.07, 6.45) is -1.79. The van der Waals surface area contributed by atoms with Gasteiger partial charge in [-0.3, -0.25) is 4.79 Å². The molecule has 0 fully saturated rings. The van der Waals surface area contributed by atoms with Gasteiger partial charge >= 0.3 is 0 Å². The van der Waals surface area contributed by atoms with Crippen LogP contribution in [0.2, 0.25) is 0 Å². The predicted octanol–water partition coefficient (Wildman–Crippen LogP) is -3.25. The zero-order chi connectivity index (χ0) is 9.78. The topological polar surface area (TPSA) is 130 Å². The first-order valence-corrected chi connectivity index (χ1v) is 4.31. The van der Waals surface area contributed by atoms with E-state index in [1.807, 2.05) is 0 Å². The van der Waals surface area contributed by atoms with Gasteiger partial charge in [-0.2, -0.15) is 0 Å². The minimum absolute atomic E-state index is 0.938. The average molecular weight is 198 g/mol. The Bertz CT molecular complexity index is 196. The molecule has 0 aromatic heterocycles. The first-order valence-electron chi connectivity index (χ1n) is 2.85. The van der Waals surface area contributed by atoms with Crippen molar-refractivity contribution in [3.63, 3.8) is 0 Å². The van der Waals surface area contributed by atoms with E-state index in [1.165, 1.54) is 0 Å². The molecule has 12 heavy (non-hydrogen) atoms. The van der Waals surface area contributed by atoms with E-state index >= 15 is 0 Å². The molecule has 0 saturated heterocycles. The summed E-state index contributed by atoms with van der Waals surface area (Å²) >= 11 is 0. The van der Waals surface area contributed by atoms with Crippen LogP contribution >= 0.6 is 7.82 Å². The number of ketones is 1. The zero-order valence-corrected chi connectivity index (χ0v) is 6.77. The smallest absolute Gasteiger partial charge is 0.188 e. The molecule has 0 rings (SSSR count). The quantitative estimate of drug-likeness (QED) is 0.443. The molecule has 0 aliphatic rings. The summed E-state index contributed by atoms with van der Waals surface area (Å²) < 4.78 is 13.4. The molecule has 0 bridgehead atoms. The van der Waals surface area contributed by atoms with Crippen LogP contribution in [0.25, 0.3) is 0 Å². The van der Waals surface area contributed by atoms with E-state index in [9.17, 15) is 19.1 Å². The molecule has 7 nitrogen and oxygen atoms in total. The number of carbonyl (C=O) groups is 1. The molecule has 2 N–H and O–H groups in total. The average Bonchev–Trinajstić information content (AvgIpc) is 1.97. The lowest BCUT2D eigenvalue weighted by atomic mass is 10.3. The third-order valence-electron chi connectivity index (χ3n) is 0.918. The SMILES string of the molecule is O=C(CO)[C@@H](O)COP(=O)([O-])[O-]. The Morgan fingerprint density at radius 3 is 2.42 bits per heavy atom. The van der Waals surface area contributed by atoms with E-state index in [0.717, 1.165) is 0 Å². The molecule has 72 valence electrons. The highest BCUT2D eigenvalue weighted by Crippen LogP contribution is 2.24. The number of carbonyl (C=O) groups excluding carboxylic acids is 1. The lowest BCUT2D eigenvalue weighted by Crippen LogP contribution is -2.30.